The molecule has 3 rings (SSSR count). The highest BCUT2D eigenvalue weighted by molar-refractivity contribution is 6.06. The molecule has 6 nitrogen and oxygen atoms in total. The number of benzene rings is 1. The van der Waals surface area contributed by atoms with Crippen molar-refractivity contribution >= 4 is 22.8 Å². The molecule has 1 aliphatic rings. The van der Waals surface area contributed by atoms with Crippen molar-refractivity contribution in [3.8, 4) is 6.07 Å². The van der Waals surface area contributed by atoms with E-state index in [0.717, 1.165) is 17.4 Å². The molecule has 1 aromatic carbocycles. The summed E-state index contributed by atoms with van der Waals surface area (Å²) in [5.41, 5.74) is 2.43. The van der Waals surface area contributed by atoms with E-state index in [9.17, 15) is 9.59 Å². The average Bonchev–Trinajstić information content (AvgIpc) is 3.04. The van der Waals surface area contributed by atoms with E-state index in [0.29, 0.717) is 37.3 Å². The minimum atomic E-state index is -0.175. The van der Waals surface area contributed by atoms with E-state index in [2.05, 4.69) is 6.92 Å². The number of hydrogen-bond acceptors (Lipinski definition) is 4. The van der Waals surface area contributed by atoms with Crippen LogP contribution in [-0.2, 0) is 11.2 Å². The van der Waals surface area contributed by atoms with Gasteiger partial charge < -0.3 is 14.2 Å². The number of aryl methyl sites for hydroxylation is 1. The molecule has 1 saturated heterocycles. The first kappa shape index (κ1) is 16.1. The number of amides is 2. The molecular formula is C18H19N3O3. The van der Waals surface area contributed by atoms with Crippen LogP contribution < -0.4 is 0 Å². The first-order valence-corrected chi connectivity index (χ1v) is 8.08. The lowest BCUT2D eigenvalue weighted by Gasteiger charge is -2.34. The van der Waals surface area contributed by atoms with Gasteiger partial charge in [0.15, 0.2) is 0 Å². The van der Waals surface area contributed by atoms with Crippen LogP contribution >= 0.6 is 0 Å². The Morgan fingerprint density at radius 1 is 1.21 bits per heavy atom. The van der Waals surface area contributed by atoms with Crippen LogP contribution in [-0.4, -0.2) is 47.8 Å². The molecule has 2 aromatic rings. The fourth-order valence-electron chi connectivity index (χ4n) is 2.97. The molecule has 24 heavy (non-hydrogen) atoms. The fraction of sp³-hybridized carbons (Fsp3) is 0.389. The number of nitrogens with zero attached hydrogens (tertiary/aromatic N) is 3. The molecular weight excluding hydrogens is 306 g/mol. The second-order valence-corrected chi connectivity index (χ2v) is 5.84. The van der Waals surface area contributed by atoms with Crippen molar-refractivity contribution in [1.82, 2.24) is 9.80 Å². The van der Waals surface area contributed by atoms with E-state index in [1.165, 1.54) is 6.26 Å². The maximum absolute atomic E-state index is 12.8. The standard InChI is InChI=1S/C18H19N3O3/c1-2-13-3-4-16-14(11-13)15(12-24-16)18(23)21-9-7-20(8-10-21)17(22)5-6-19/h3-4,11-12H,2,5,7-10H2,1H3. The van der Waals surface area contributed by atoms with Crippen LogP contribution in [0.1, 0.15) is 29.3 Å². The fourth-order valence-corrected chi connectivity index (χ4v) is 2.97. The summed E-state index contributed by atoms with van der Waals surface area (Å²) in [6.07, 6.45) is 2.30. The number of piperazine rings is 1. The number of carbonyl (C=O) groups is 2. The van der Waals surface area contributed by atoms with Gasteiger partial charge in [-0.05, 0) is 24.1 Å². The third-order valence-electron chi connectivity index (χ3n) is 4.43. The topological polar surface area (TPSA) is 77.6 Å². The molecule has 0 bridgehead atoms. The Morgan fingerprint density at radius 2 is 1.92 bits per heavy atom. The molecule has 124 valence electrons. The Labute approximate surface area is 140 Å². The molecule has 1 fully saturated rings. The largest absolute Gasteiger partial charge is 0.463 e. The van der Waals surface area contributed by atoms with Gasteiger partial charge in [0.25, 0.3) is 5.91 Å². The van der Waals surface area contributed by atoms with Gasteiger partial charge in [-0.25, -0.2) is 0 Å². The van der Waals surface area contributed by atoms with Crippen LogP contribution in [0, 0.1) is 11.3 Å². The van der Waals surface area contributed by atoms with Gasteiger partial charge >= 0.3 is 0 Å². The third-order valence-corrected chi connectivity index (χ3v) is 4.43. The smallest absolute Gasteiger partial charge is 0.257 e. The molecule has 2 amide bonds. The molecule has 1 aromatic heterocycles. The highest BCUT2D eigenvalue weighted by atomic mass is 16.3. The van der Waals surface area contributed by atoms with Gasteiger partial charge in [0.1, 0.15) is 18.3 Å². The number of nitriles is 1. The van der Waals surface area contributed by atoms with Gasteiger partial charge in [-0.1, -0.05) is 13.0 Å². The summed E-state index contributed by atoms with van der Waals surface area (Å²) >= 11 is 0. The van der Waals surface area contributed by atoms with E-state index in [1.807, 2.05) is 24.3 Å². The van der Waals surface area contributed by atoms with Crippen LogP contribution in [0.4, 0.5) is 0 Å². The summed E-state index contributed by atoms with van der Waals surface area (Å²) in [4.78, 5) is 27.9. The molecule has 0 aliphatic carbocycles. The van der Waals surface area contributed by atoms with Gasteiger partial charge in [-0.3, -0.25) is 9.59 Å². The molecule has 2 heterocycles. The summed E-state index contributed by atoms with van der Waals surface area (Å²) in [6, 6.07) is 7.76. The normalized spacial score (nSPS) is 14.7. The third kappa shape index (κ3) is 2.98. The van der Waals surface area contributed by atoms with Crippen molar-refractivity contribution in [2.24, 2.45) is 0 Å². The highest BCUT2D eigenvalue weighted by Gasteiger charge is 2.26. The summed E-state index contributed by atoms with van der Waals surface area (Å²) < 4.78 is 5.50. The van der Waals surface area contributed by atoms with E-state index in [1.54, 1.807) is 9.80 Å². The maximum atomic E-state index is 12.8. The second kappa shape index (κ2) is 6.75. The summed E-state index contributed by atoms with van der Waals surface area (Å²) in [5.74, 6) is -0.250. The van der Waals surface area contributed by atoms with Gasteiger partial charge in [-0.15, -0.1) is 0 Å². The van der Waals surface area contributed by atoms with Crippen molar-refractivity contribution in [2.75, 3.05) is 26.2 Å². The Kier molecular flexibility index (Phi) is 4.52. The molecule has 0 radical (unpaired) electrons. The summed E-state index contributed by atoms with van der Waals surface area (Å²) in [6.45, 7) is 3.93. The summed E-state index contributed by atoms with van der Waals surface area (Å²) in [7, 11) is 0. The van der Waals surface area contributed by atoms with Crippen LogP contribution in [0.2, 0.25) is 0 Å². The van der Waals surface area contributed by atoms with Gasteiger partial charge in [-0.2, -0.15) is 5.26 Å². The van der Waals surface area contributed by atoms with Gasteiger partial charge in [0.05, 0.1) is 11.6 Å². The molecule has 0 saturated carbocycles. The van der Waals surface area contributed by atoms with Crippen molar-refractivity contribution in [3.05, 3.63) is 35.6 Å². The first-order chi connectivity index (χ1) is 11.6. The van der Waals surface area contributed by atoms with Crippen molar-refractivity contribution in [1.29, 1.82) is 5.26 Å². The zero-order chi connectivity index (χ0) is 17.1. The van der Waals surface area contributed by atoms with E-state index in [4.69, 9.17) is 9.68 Å². The quantitative estimate of drug-likeness (QED) is 0.866. The molecule has 1 aliphatic heterocycles. The molecule has 0 unspecified atom stereocenters. The van der Waals surface area contributed by atoms with Crippen molar-refractivity contribution in [2.45, 2.75) is 19.8 Å². The predicted molar refractivity (Wildman–Crippen MR) is 88.3 cm³/mol. The molecule has 0 N–H and O–H groups in total. The predicted octanol–water partition coefficient (Wildman–Crippen LogP) is 2.19. The number of carbonyl (C=O) groups excluding carboxylic acids is 2. The molecule has 6 heteroatoms. The van der Waals surface area contributed by atoms with E-state index < -0.39 is 0 Å². The Hall–Kier alpha value is -2.81. The number of rotatable bonds is 3. The van der Waals surface area contributed by atoms with Crippen LogP contribution in [0.25, 0.3) is 11.0 Å². The minimum Gasteiger partial charge on any atom is -0.463 e. The molecule has 0 atom stereocenters. The molecule has 0 spiro atoms. The van der Waals surface area contributed by atoms with E-state index in [-0.39, 0.29) is 18.2 Å². The second-order valence-electron chi connectivity index (χ2n) is 5.84. The maximum Gasteiger partial charge on any atom is 0.257 e. The lowest BCUT2D eigenvalue weighted by Crippen LogP contribution is -2.50. The zero-order valence-corrected chi connectivity index (χ0v) is 13.6. The van der Waals surface area contributed by atoms with Crippen molar-refractivity contribution in [3.63, 3.8) is 0 Å². The Bertz CT molecular complexity index is 811. The average molecular weight is 325 g/mol. The van der Waals surface area contributed by atoms with Crippen LogP contribution in [0.5, 0.6) is 0 Å². The zero-order valence-electron chi connectivity index (χ0n) is 13.6. The first-order valence-electron chi connectivity index (χ1n) is 8.08. The number of hydrogen-bond donors (Lipinski definition) is 0. The Morgan fingerprint density at radius 3 is 2.58 bits per heavy atom. The lowest BCUT2D eigenvalue weighted by molar-refractivity contribution is -0.131. The minimum absolute atomic E-state index is 0.0746. The van der Waals surface area contributed by atoms with Gasteiger partial charge in [0.2, 0.25) is 5.91 Å². The van der Waals surface area contributed by atoms with Crippen LogP contribution in [0.15, 0.2) is 28.9 Å². The number of fused-ring (bicyclic) bond motifs is 1. The van der Waals surface area contributed by atoms with Crippen LogP contribution in [0.3, 0.4) is 0 Å². The van der Waals surface area contributed by atoms with E-state index >= 15 is 0 Å². The highest BCUT2D eigenvalue weighted by Crippen LogP contribution is 2.24. The van der Waals surface area contributed by atoms with Gasteiger partial charge in [0, 0.05) is 31.6 Å². The SMILES string of the molecule is CCc1ccc2occ(C(=O)N3CCN(C(=O)CC#N)CC3)c2c1. The van der Waals surface area contributed by atoms with Crippen molar-refractivity contribution < 1.29 is 14.0 Å². The summed E-state index contributed by atoms with van der Waals surface area (Å²) in [5, 5.41) is 9.44. The number of furan rings is 1. The lowest BCUT2D eigenvalue weighted by atomic mass is 10.1. The Balaban J connectivity index is 1.74. The monoisotopic (exact) mass is 325 g/mol.